The third-order valence-electron chi connectivity index (χ3n) is 4.29. The van der Waals surface area contributed by atoms with Crippen molar-refractivity contribution in [3.8, 4) is 11.5 Å². The minimum absolute atomic E-state index is 0.0168. The molecule has 2 N–H and O–H groups in total. The van der Waals surface area contributed by atoms with Gasteiger partial charge in [0.05, 0.1) is 0 Å². The van der Waals surface area contributed by atoms with E-state index in [2.05, 4.69) is 20.8 Å². The molecule has 0 bridgehead atoms. The van der Waals surface area contributed by atoms with Crippen LogP contribution in [0.2, 0.25) is 0 Å². The molecular formula is C19H20N4O4S. The fourth-order valence-corrected chi connectivity index (χ4v) is 3.41. The van der Waals surface area contributed by atoms with Crippen LogP contribution in [0.25, 0.3) is 0 Å². The van der Waals surface area contributed by atoms with Gasteiger partial charge < -0.3 is 20.1 Å². The lowest BCUT2D eigenvalue weighted by Gasteiger charge is -2.06. The van der Waals surface area contributed by atoms with Crippen molar-refractivity contribution in [1.29, 1.82) is 0 Å². The van der Waals surface area contributed by atoms with Crippen LogP contribution in [0.1, 0.15) is 25.7 Å². The summed E-state index contributed by atoms with van der Waals surface area (Å²) in [4.78, 5) is 23.8. The molecule has 1 saturated carbocycles. The van der Waals surface area contributed by atoms with Crippen LogP contribution in [0, 0.1) is 5.92 Å². The van der Waals surface area contributed by atoms with Crippen molar-refractivity contribution in [2.45, 2.75) is 30.7 Å². The molecule has 1 fully saturated rings. The van der Waals surface area contributed by atoms with Crippen molar-refractivity contribution in [1.82, 2.24) is 10.2 Å². The predicted molar refractivity (Wildman–Crippen MR) is 105 cm³/mol. The van der Waals surface area contributed by atoms with E-state index in [0.717, 1.165) is 23.6 Å². The molecule has 0 unspecified atom stereocenters. The van der Waals surface area contributed by atoms with Crippen molar-refractivity contribution in [2.75, 3.05) is 23.2 Å². The maximum atomic E-state index is 12.1. The van der Waals surface area contributed by atoms with Gasteiger partial charge >= 0.3 is 0 Å². The number of fused-ring (bicyclic) bond motifs is 1. The summed E-state index contributed by atoms with van der Waals surface area (Å²) >= 11 is 1.53. The molecule has 2 amide bonds. The molecule has 8 nitrogen and oxygen atoms in total. The monoisotopic (exact) mass is 400 g/mol. The smallest absolute Gasteiger partial charge is 0.231 e. The Morgan fingerprint density at radius 2 is 1.93 bits per heavy atom. The van der Waals surface area contributed by atoms with Crippen molar-refractivity contribution in [3.63, 3.8) is 0 Å². The van der Waals surface area contributed by atoms with Gasteiger partial charge in [0.2, 0.25) is 18.6 Å². The number of thioether (sulfide) groups is 1. The second-order valence-corrected chi connectivity index (χ2v) is 7.70. The van der Waals surface area contributed by atoms with Gasteiger partial charge in [-0.25, -0.2) is 0 Å². The summed E-state index contributed by atoms with van der Waals surface area (Å²) in [5, 5.41) is 14.5. The van der Waals surface area contributed by atoms with E-state index in [1.807, 2.05) is 6.07 Å². The van der Waals surface area contributed by atoms with Gasteiger partial charge in [-0.15, -0.1) is 22.0 Å². The number of carbonyl (C=O) groups is 2. The van der Waals surface area contributed by atoms with Crippen LogP contribution in [0.3, 0.4) is 0 Å². The average molecular weight is 400 g/mol. The Hall–Kier alpha value is -2.81. The van der Waals surface area contributed by atoms with E-state index in [0.29, 0.717) is 35.8 Å². The first-order valence-corrected chi connectivity index (χ1v) is 10.1. The third kappa shape index (κ3) is 4.92. The molecule has 4 rings (SSSR count). The highest BCUT2D eigenvalue weighted by Gasteiger charge is 2.29. The number of benzene rings is 1. The van der Waals surface area contributed by atoms with Crippen LogP contribution in [0.4, 0.5) is 11.5 Å². The molecule has 146 valence electrons. The van der Waals surface area contributed by atoms with Gasteiger partial charge in [-0.3, -0.25) is 9.59 Å². The normalized spacial score (nSPS) is 14.6. The van der Waals surface area contributed by atoms with Crippen LogP contribution in [-0.4, -0.2) is 34.6 Å². The zero-order chi connectivity index (χ0) is 19.3. The number of aromatic nitrogens is 2. The molecule has 0 saturated heterocycles. The molecule has 2 aliphatic rings. The molecule has 2 heterocycles. The molecule has 9 heteroatoms. The van der Waals surface area contributed by atoms with E-state index in [4.69, 9.17) is 9.47 Å². The Morgan fingerprint density at radius 1 is 1.07 bits per heavy atom. The van der Waals surface area contributed by atoms with Crippen LogP contribution in [0.5, 0.6) is 11.5 Å². The Balaban J connectivity index is 1.16. The van der Waals surface area contributed by atoms with Gasteiger partial charge in [-0.05, 0) is 43.5 Å². The highest BCUT2D eigenvalue weighted by molar-refractivity contribution is 7.99. The summed E-state index contributed by atoms with van der Waals surface area (Å²) in [6, 6.07) is 8.91. The largest absolute Gasteiger partial charge is 0.454 e. The molecule has 0 radical (unpaired) electrons. The summed E-state index contributed by atoms with van der Waals surface area (Å²) < 4.78 is 10.5. The first-order valence-electron chi connectivity index (χ1n) is 9.14. The van der Waals surface area contributed by atoms with Gasteiger partial charge in [0.25, 0.3) is 0 Å². The van der Waals surface area contributed by atoms with E-state index in [-0.39, 0.29) is 24.5 Å². The topological polar surface area (TPSA) is 102 Å². The van der Waals surface area contributed by atoms with Crippen LogP contribution in [0.15, 0.2) is 35.4 Å². The van der Waals surface area contributed by atoms with Gasteiger partial charge in [0.1, 0.15) is 5.03 Å². The van der Waals surface area contributed by atoms with E-state index in [1.54, 1.807) is 24.3 Å². The Kier molecular flexibility index (Phi) is 5.61. The van der Waals surface area contributed by atoms with Crippen LogP contribution >= 0.6 is 11.8 Å². The van der Waals surface area contributed by atoms with Crippen molar-refractivity contribution < 1.29 is 19.1 Å². The second kappa shape index (κ2) is 8.47. The molecule has 1 aliphatic carbocycles. The third-order valence-corrected chi connectivity index (χ3v) is 5.30. The fraction of sp³-hybridized carbons (Fsp3) is 0.368. The van der Waals surface area contributed by atoms with E-state index in [9.17, 15) is 9.59 Å². The number of amides is 2. The van der Waals surface area contributed by atoms with Gasteiger partial charge in [-0.1, -0.05) is 0 Å². The van der Waals surface area contributed by atoms with Gasteiger partial charge in [0.15, 0.2) is 17.3 Å². The molecule has 1 aliphatic heterocycles. The lowest BCUT2D eigenvalue weighted by molar-refractivity contribution is -0.117. The number of hydrogen-bond acceptors (Lipinski definition) is 7. The molecular weight excluding hydrogens is 380 g/mol. The predicted octanol–water partition coefficient (Wildman–Crippen LogP) is 3.06. The van der Waals surface area contributed by atoms with Crippen molar-refractivity contribution in [2.24, 2.45) is 5.92 Å². The van der Waals surface area contributed by atoms with E-state index < -0.39 is 0 Å². The summed E-state index contributed by atoms with van der Waals surface area (Å²) in [7, 11) is 0. The Labute approximate surface area is 166 Å². The summed E-state index contributed by atoms with van der Waals surface area (Å²) in [5.41, 5.74) is 0.691. The molecule has 1 aromatic carbocycles. The standard InChI is InChI=1S/C19H20N4O4S/c24-17(20-13-5-6-14-15(10-13)27-11-26-14)2-1-9-28-18-8-7-16(22-23-18)21-19(25)12-3-4-12/h5-8,10,12H,1-4,9,11H2,(H,20,24)(H,21,22,25). The summed E-state index contributed by atoms with van der Waals surface area (Å²) in [5.74, 6) is 2.66. The SMILES string of the molecule is O=C(CCCSc1ccc(NC(=O)C2CC2)nn1)Nc1ccc2c(c1)OCO2. The number of carbonyl (C=O) groups excluding carboxylic acids is 2. The number of anilines is 2. The molecule has 1 aromatic heterocycles. The summed E-state index contributed by atoms with van der Waals surface area (Å²) in [6.45, 7) is 0.209. The molecule has 28 heavy (non-hydrogen) atoms. The zero-order valence-corrected chi connectivity index (χ0v) is 16.0. The van der Waals surface area contributed by atoms with Crippen molar-refractivity contribution in [3.05, 3.63) is 30.3 Å². The van der Waals surface area contributed by atoms with Crippen molar-refractivity contribution >= 4 is 35.1 Å². The second-order valence-electron chi connectivity index (χ2n) is 6.59. The molecule has 0 spiro atoms. The minimum Gasteiger partial charge on any atom is -0.454 e. The molecule has 2 aromatic rings. The van der Waals surface area contributed by atoms with Gasteiger partial charge in [-0.2, -0.15) is 0 Å². The summed E-state index contributed by atoms with van der Waals surface area (Å²) in [6.07, 6.45) is 3.03. The molecule has 0 atom stereocenters. The fourth-order valence-electron chi connectivity index (χ4n) is 2.64. The van der Waals surface area contributed by atoms with Crippen LogP contribution < -0.4 is 20.1 Å². The Bertz CT molecular complexity index is 871. The quantitative estimate of drug-likeness (QED) is 0.518. The van der Waals surface area contributed by atoms with Gasteiger partial charge in [0, 0.05) is 29.8 Å². The first kappa shape index (κ1) is 18.5. The highest BCUT2D eigenvalue weighted by atomic mass is 32.2. The van der Waals surface area contributed by atoms with Crippen LogP contribution in [-0.2, 0) is 9.59 Å². The lowest BCUT2D eigenvalue weighted by Crippen LogP contribution is -2.14. The highest BCUT2D eigenvalue weighted by Crippen LogP contribution is 2.34. The van der Waals surface area contributed by atoms with E-state index in [1.165, 1.54) is 11.8 Å². The zero-order valence-electron chi connectivity index (χ0n) is 15.1. The maximum Gasteiger partial charge on any atom is 0.231 e. The number of hydrogen-bond donors (Lipinski definition) is 2. The maximum absolute atomic E-state index is 12.1. The Morgan fingerprint density at radius 3 is 2.71 bits per heavy atom. The first-order chi connectivity index (χ1) is 13.7. The average Bonchev–Trinajstić information content (AvgIpc) is 3.45. The number of ether oxygens (including phenoxy) is 2. The van der Waals surface area contributed by atoms with E-state index >= 15 is 0 Å². The number of rotatable bonds is 8. The lowest BCUT2D eigenvalue weighted by atomic mass is 10.2. The minimum atomic E-state index is -0.0521. The number of nitrogens with zero attached hydrogens (tertiary/aromatic N) is 2. The number of nitrogens with one attached hydrogen (secondary N) is 2.